The lowest BCUT2D eigenvalue weighted by Gasteiger charge is -2.21. The molecule has 0 aromatic heterocycles. The van der Waals surface area contributed by atoms with Crippen LogP contribution >= 0.6 is 0 Å². The smallest absolute Gasteiger partial charge is 0.136 e. The average molecular weight is 269 g/mol. The Bertz CT molecular complexity index is 510. The fraction of sp³-hybridized carbons (Fsp3) is 0.333. The second-order valence-corrected chi connectivity index (χ2v) is 4.79. The molecule has 0 radical (unpaired) electrons. The Morgan fingerprint density at radius 2 is 1.65 bits per heavy atom. The normalized spacial score (nSPS) is 12.1. The van der Waals surface area contributed by atoms with E-state index in [1.165, 1.54) is 11.1 Å². The SMILES string of the molecule is CCNCC(Oc1ccccc1CC)c1ccccc1. The molecule has 20 heavy (non-hydrogen) atoms. The number of nitrogens with one attached hydrogen (secondary N) is 1. The van der Waals surface area contributed by atoms with Crippen LogP contribution in [0.2, 0.25) is 0 Å². The molecule has 0 saturated heterocycles. The summed E-state index contributed by atoms with van der Waals surface area (Å²) in [4.78, 5) is 0. The largest absolute Gasteiger partial charge is 0.484 e. The molecule has 0 spiro atoms. The summed E-state index contributed by atoms with van der Waals surface area (Å²) in [5, 5.41) is 3.38. The van der Waals surface area contributed by atoms with E-state index in [1.54, 1.807) is 0 Å². The monoisotopic (exact) mass is 269 g/mol. The molecule has 2 rings (SSSR count). The van der Waals surface area contributed by atoms with Crippen molar-refractivity contribution in [1.82, 2.24) is 5.32 Å². The van der Waals surface area contributed by atoms with Crippen molar-refractivity contribution in [3.63, 3.8) is 0 Å². The van der Waals surface area contributed by atoms with Crippen molar-refractivity contribution in [2.75, 3.05) is 13.1 Å². The van der Waals surface area contributed by atoms with Gasteiger partial charge in [-0.1, -0.05) is 62.4 Å². The van der Waals surface area contributed by atoms with E-state index in [9.17, 15) is 0 Å². The van der Waals surface area contributed by atoms with Gasteiger partial charge >= 0.3 is 0 Å². The molecular weight excluding hydrogens is 246 g/mol. The summed E-state index contributed by atoms with van der Waals surface area (Å²) < 4.78 is 6.26. The molecule has 1 N–H and O–H groups in total. The van der Waals surface area contributed by atoms with Crippen LogP contribution in [0.4, 0.5) is 0 Å². The van der Waals surface area contributed by atoms with Gasteiger partial charge in [-0.15, -0.1) is 0 Å². The molecule has 2 aromatic rings. The van der Waals surface area contributed by atoms with Crippen LogP contribution in [0.5, 0.6) is 5.75 Å². The number of hydrogen-bond donors (Lipinski definition) is 1. The Morgan fingerprint density at radius 3 is 2.35 bits per heavy atom. The van der Waals surface area contributed by atoms with E-state index < -0.39 is 0 Å². The highest BCUT2D eigenvalue weighted by Gasteiger charge is 2.14. The lowest BCUT2D eigenvalue weighted by molar-refractivity contribution is 0.200. The highest BCUT2D eigenvalue weighted by molar-refractivity contribution is 5.34. The Kier molecular flexibility index (Phi) is 5.63. The molecule has 2 nitrogen and oxygen atoms in total. The van der Waals surface area contributed by atoms with Gasteiger partial charge in [0.05, 0.1) is 0 Å². The van der Waals surface area contributed by atoms with Crippen molar-refractivity contribution >= 4 is 0 Å². The molecule has 1 unspecified atom stereocenters. The van der Waals surface area contributed by atoms with Crippen molar-refractivity contribution in [1.29, 1.82) is 0 Å². The minimum Gasteiger partial charge on any atom is -0.484 e. The van der Waals surface area contributed by atoms with E-state index in [0.29, 0.717) is 0 Å². The van der Waals surface area contributed by atoms with E-state index in [0.717, 1.165) is 25.3 Å². The molecule has 0 aliphatic rings. The van der Waals surface area contributed by atoms with Crippen molar-refractivity contribution in [2.24, 2.45) is 0 Å². The number of aryl methyl sites for hydroxylation is 1. The zero-order valence-electron chi connectivity index (χ0n) is 12.3. The lowest BCUT2D eigenvalue weighted by atomic mass is 10.1. The van der Waals surface area contributed by atoms with Gasteiger partial charge in [0.15, 0.2) is 0 Å². The number of benzene rings is 2. The predicted molar refractivity (Wildman–Crippen MR) is 84.2 cm³/mol. The molecule has 0 aliphatic heterocycles. The Hall–Kier alpha value is -1.80. The maximum Gasteiger partial charge on any atom is 0.136 e. The van der Waals surface area contributed by atoms with E-state index in [4.69, 9.17) is 4.74 Å². The van der Waals surface area contributed by atoms with Crippen LogP contribution in [0.1, 0.15) is 31.1 Å². The Morgan fingerprint density at radius 1 is 0.950 bits per heavy atom. The van der Waals surface area contributed by atoms with Gasteiger partial charge < -0.3 is 10.1 Å². The van der Waals surface area contributed by atoms with Gasteiger partial charge in [-0.2, -0.15) is 0 Å². The number of hydrogen-bond acceptors (Lipinski definition) is 2. The minimum absolute atomic E-state index is 0.0452. The second-order valence-electron chi connectivity index (χ2n) is 4.79. The third-order valence-corrected chi connectivity index (χ3v) is 3.37. The van der Waals surface area contributed by atoms with Crippen molar-refractivity contribution in [3.8, 4) is 5.75 Å². The van der Waals surface area contributed by atoms with Gasteiger partial charge in [0.1, 0.15) is 11.9 Å². The van der Waals surface area contributed by atoms with Crippen LogP contribution in [-0.4, -0.2) is 13.1 Å². The number of likely N-dealkylation sites (N-methyl/N-ethyl adjacent to an activating group) is 1. The van der Waals surface area contributed by atoms with Crippen LogP contribution in [0, 0.1) is 0 Å². The van der Waals surface area contributed by atoms with Crippen LogP contribution in [-0.2, 0) is 6.42 Å². The van der Waals surface area contributed by atoms with Gasteiger partial charge in [0.2, 0.25) is 0 Å². The highest BCUT2D eigenvalue weighted by atomic mass is 16.5. The van der Waals surface area contributed by atoms with Gasteiger partial charge in [-0.25, -0.2) is 0 Å². The van der Waals surface area contributed by atoms with E-state index in [1.807, 2.05) is 12.1 Å². The predicted octanol–water partition coefficient (Wildman–Crippen LogP) is 3.98. The number of para-hydroxylation sites is 1. The molecule has 0 bridgehead atoms. The summed E-state index contributed by atoms with van der Waals surface area (Å²) >= 11 is 0. The maximum atomic E-state index is 6.26. The molecule has 2 heteroatoms. The van der Waals surface area contributed by atoms with E-state index >= 15 is 0 Å². The molecule has 0 saturated carbocycles. The van der Waals surface area contributed by atoms with Crippen molar-refractivity contribution < 1.29 is 4.74 Å². The van der Waals surface area contributed by atoms with Crippen LogP contribution in [0.25, 0.3) is 0 Å². The molecule has 106 valence electrons. The maximum absolute atomic E-state index is 6.26. The fourth-order valence-corrected chi connectivity index (χ4v) is 2.23. The molecule has 0 aliphatic carbocycles. The summed E-state index contributed by atoms with van der Waals surface area (Å²) in [5.41, 5.74) is 2.46. The van der Waals surface area contributed by atoms with E-state index in [-0.39, 0.29) is 6.10 Å². The number of rotatable bonds is 7. The second kappa shape index (κ2) is 7.71. The van der Waals surface area contributed by atoms with Gasteiger partial charge in [0.25, 0.3) is 0 Å². The average Bonchev–Trinajstić information content (AvgIpc) is 2.52. The first-order chi connectivity index (χ1) is 9.85. The minimum atomic E-state index is 0.0452. The highest BCUT2D eigenvalue weighted by Crippen LogP contribution is 2.25. The fourth-order valence-electron chi connectivity index (χ4n) is 2.23. The zero-order valence-corrected chi connectivity index (χ0v) is 12.3. The van der Waals surface area contributed by atoms with Crippen molar-refractivity contribution in [3.05, 3.63) is 65.7 Å². The summed E-state index contributed by atoms with van der Waals surface area (Å²) in [7, 11) is 0. The molecular formula is C18H23NO. The Labute approximate surface area is 121 Å². The van der Waals surface area contributed by atoms with Gasteiger partial charge in [-0.3, -0.25) is 0 Å². The molecule has 2 aromatic carbocycles. The standard InChI is InChI=1S/C18H23NO/c1-3-15-10-8-9-13-17(15)20-18(14-19-4-2)16-11-6-5-7-12-16/h5-13,18-19H,3-4,14H2,1-2H3. The summed E-state index contributed by atoms with van der Waals surface area (Å²) in [6.45, 7) is 6.03. The summed E-state index contributed by atoms with van der Waals surface area (Å²) in [6.07, 6.45) is 1.03. The van der Waals surface area contributed by atoms with Gasteiger partial charge in [-0.05, 0) is 30.2 Å². The Balaban J connectivity index is 2.19. The van der Waals surface area contributed by atoms with E-state index in [2.05, 4.69) is 61.6 Å². The third kappa shape index (κ3) is 3.84. The van der Waals surface area contributed by atoms with Crippen molar-refractivity contribution in [2.45, 2.75) is 26.4 Å². The van der Waals surface area contributed by atoms with Gasteiger partial charge in [0, 0.05) is 6.54 Å². The molecule has 1 atom stereocenters. The van der Waals surface area contributed by atoms with Crippen LogP contribution < -0.4 is 10.1 Å². The first-order valence-electron chi connectivity index (χ1n) is 7.35. The van der Waals surface area contributed by atoms with Crippen LogP contribution in [0.3, 0.4) is 0 Å². The first kappa shape index (κ1) is 14.6. The van der Waals surface area contributed by atoms with Crippen LogP contribution in [0.15, 0.2) is 54.6 Å². The third-order valence-electron chi connectivity index (χ3n) is 3.37. The molecule has 0 amide bonds. The number of ether oxygens (including phenoxy) is 1. The summed E-state index contributed by atoms with van der Waals surface area (Å²) in [5.74, 6) is 0.988. The zero-order chi connectivity index (χ0) is 14.2. The topological polar surface area (TPSA) is 21.3 Å². The molecule has 0 fully saturated rings. The first-order valence-corrected chi connectivity index (χ1v) is 7.35. The lowest BCUT2D eigenvalue weighted by Crippen LogP contribution is -2.25. The molecule has 0 heterocycles. The summed E-state index contributed by atoms with van der Waals surface area (Å²) in [6, 6.07) is 18.7. The quantitative estimate of drug-likeness (QED) is 0.821.